The third kappa shape index (κ3) is 3.19. The van der Waals surface area contributed by atoms with Crippen molar-refractivity contribution in [2.75, 3.05) is 0 Å². The van der Waals surface area contributed by atoms with E-state index in [9.17, 15) is 0 Å². The zero-order chi connectivity index (χ0) is 18.6. The molecule has 0 saturated carbocycles. The molecule has 0 amide bonds. The smallest absolute Gasteiger partial charge is 0.00527 e. The van der Waals surface area contributed by atoms with E-state index in [-0.39, 0.29) is 10.8 Å². The van der Waals surface area contributed by atoms with Crippen molar-refractivity contribution in [1.29, 1.82) is 0 Å². The van der Waals surface area contributed by atoms with Gasteiger partial charge in [-0.25, -0.2) is 0 Å². The first kappa shape index (κ1) is 18.0. The minimum absolute atomic E-state index is 0.119. The minimum Gasteiger partial charge on any atom is -0.0686 e. The molecule has 25 heavy (non-hydrogen) atoms. The van der Waals surface area contributed by atoms with Gasteiger partial charge in [0.1, 0.15) is 0 Å². The van der Waals surface area contributed by atoms with Gasteiger partial charge in [-0.2, -0.15) is 0 Å². The molecule has 0 nitrogen and oxygen atoms in total. The summed E-state index contributed by atoms with van der Waals surface area (Å²) in [5, 5.41) is 2.85. The van der Waals surface area contributed by atoms with E-state index in [4.69, 9.17) is 0 Å². The van der Waals surface area contributed by atoms with Gasteiger partial charge < -0.3 is 0 Å². The molecule has 0 N–H and O–H groups in total. The summed E-state index contributed by atoms with van der Waals surface area (Å²) in [5.41, 5.74) is 9.10. The summed E-state index contributed by atoms with van der Waals surface area (Å²) < 4.78 is 0. The van der Waals surface area contributed by atoms with Crippen LogP contribution in [-0.4, -0.2) is 0 Å². The molecule has 0 aliphatic heterocycles. The monoisotopic (exact) mass is 332 g/mol. The molecular weight excluding hydrogens is 300 g/mol. The molecule has 2 aliphatic carbocycles. The molecule has 0 heteroatoms. The number of benzene rings is 1. The molecule has 0 bridgehead atoms. The quantitative estimate of drug-likeness (QED) is 0.612. The van der Waals surface area contributed by atoms with Gasteiger partial charge in [0.2, 0.25) is 0 Å². The highest BCUT2D eigenvalue weighted by atomic mass is 14.3. The van der Waals surface area contributed by atoms with E-state index in [0.29, 0.717) is 0 Å². The third-order valence-corrected chi connectivity index (χ3v) is 5.38. The molecular formula is C25H32. The van der Waals surface area contributed by atoms with E-state index in [1.54, 1.807) is 0 Å². The second-order valence-corrected chi connectivity index (χ2v) is 9.76. The lowest BCUT2D eigenvalue weighted by molar-refractivity contribution is 0.494. The first-order valence-electron chi connectivity index (χ1n) is 9.44. The summed E-state index contributed by atoms with van der Waals surface area (Å²) in [6.45, 7) is 18.4. The molecule has 0 radical (unpaired) electrons. The zero-order valence-electron chi connectivity index (χ0n) is 17.2. The number of fused-ring (bicyclic) bond motifs is 1. The minimum atomic E-state index is 0.119. The van der Waals surface area contributed by atoms with Crippen LogP contribution < -0.4 is 10.4 Å². The van der Waals surface area contributed by atoms with Crippen LogP contribution in [-0.2, 0) is 0 Å². The van der Waals surface area contributed by atoms with Crippen LogP contribution in [0.2, 0.25) is 0 Å². The Morgan fingerprint density at radius 3 is 2.08 bits per heavy atom. The van der Waals surface area contributed by atoms with Crippen LogP contribution in [0.1, 0.15) is 67.4 Å². The molecule has 0 saturated heterocycles. The summed E-state index contributed by atoms with van der Waals surface area (Å²) in [6, 6.07) is 6.75. The van der Waals surface area contributed by atoms with Gasteiger partial charge in [0, 0.05) is 0 Å². The predicted molar refractivity (Wildman–Crippen MR) is 112 cm³/mol. The molecule has 0 fully saturated rings. The van der Waals surface area contributed by atoms with Crippen LogP contribution in [0, 0.1) is 10.8 Å². The van der Waals surface area contributed by atoms with Crippen LogP contribution in [0.15, 0.2) is 47.1 Å². The Hall–Kier alpha value is -1.82. The fraction of sp³-hybridized carbons (Fsp3) is 0.440. The molecule has 0 aromatic heterocycles. The van der Waals surface area contributed by atoms with Gasteiger partial charge in [-0.15, -0.1) is 0 Å². The van der Waals surface area contributed by atoms with Crippen molar-refractivity contribution in [3.63, 3.8) is 0 Å². The van der Waals surface area contributed by atoms with Crippen LogP contribution in [0.25, 0.3) is 17.2 Å². The van der Waals surface area contributed by atoms with Crippen molar-refractivity contribution < 1.29 is 0 Å². The van der Waals surface area contributed by atoms with Crippen molar-refractivity contribution in [1.82, 2.24) is 0 Å². The molecule has 0 atom stereocenters. The average molecular weight is 333 g/mol. The highest BCUT2D eigenvalue weighted by Crippen LogP contribution is 2.44. The van der Waals surface area contributed by atoms with Gasteiger partial charge in [0.25, 0.3) is 0 Å². The van der Waals surface area contributed by atoms with E-state index in [1.807, 2.05) is 0 Å². The van der Waals surface area contributed by atoms with Crippen molar-refractivity contribution in [3.8, 4) is 0 Å². The van der Waals surface area contributed by atoms with E-state index in [2.05, 4.69) is 91.8 Å². The fourth-order valence-electron chi connectivity index (χ4n) is 4.01. The van der Waals surface area contributed by atoms with E-state index in [1.165, 1.54) is 43.9 Å². The normalized spacial score (nSPS) is 17.3. The third-order valence-electron chi connectivity index (χ3n) is 5.38. The Morgan fingerprint density at radius 2 is 1.56 bits per heavy atom. The Labute approximate surface area is 153 Å². The van der Waals surface area contributed by atoms with Crippen LogP contribution in [0.5, 0.6) is 0 Å². The first-order chi connectivity index (χ1) is 11.5. The fourth-order valence-corrected chi connectivity index (χ4v) is 4.01. The maximum atomic E-state index is 2.42. The summed E-state index contributed by atoms with van der Waals surface area (Å²) in [6.07, 6.45) is 8.20. The van der Waals surface area contributed by atoms with Crippen LogP contribution in [0.3, 0.4) is 0 Å². The van der Waals surface area contributed by atoms with Gasteiger partial charge in [-0.1, -0.05) is 83.0 Å². The van der Waals surface area contributed by atoms with Crippen LogP contribution in [0.4, 0.5) is 0 Å². The van der Waals surface area contributed by atoms with Crippen molar-refractivity contribution >= 4 is 17.2 Å². The Bertz CT molecular complexity index is 925. The standard InChI is InChI=1S/C25H32/c1-16(2)20-11-9-10-18-15-21(23(22(18)20)25(6,7)8)17-12-13-19(14-17)24(3,4)5/h9-13,15H,14H2,1-8H3. The second kappa shape index (κ2) is 5.87. The summed E-state index contributed by atoms with van der Waals surface area (Å²) in [7, 11) is 0. The van der Waals surface area contributed by atoms with Gasteiger partial charge in [-0.05, 0) is 69.9 Å². The molecule has 0 spiro atoms. The lowest BCUT2D eigenvalue weighted by Crippen LogP contribution is -2.32. The summed E-state index contributed by atoms with van der Waals surface area (Å²) >= 11 is 0. The molecule has 1 aromatic carbocycles. The van der Waals surface area contributed by atoms with Gasteiger partial charge in [0.15, 0.2) is 0 Å². The van der Waals surface area contributed by atoms with Crippen LogP contribution >= 0.6 is 0 Å². The highest BCUT2D eigenvalue weighted by Gasteiger charge is 2.30. The Kier molecular flexibility index (Phi) is 4.22. The maximum Gasteiger partial charge on any atom is -0.00527 e. The largest absolute Gasteiger partial charge is 0.0686 e. The molecule has 0 unspecified atom stereocenters. The Morgan fingerprint density at radius 1 is 0.880 bits per heavy atom. The van der Waals surface area contributed by atoms with Gasteiger partial charge in [-0.3, -0.25) is 0 Å². The summed E-state index contributed by atoms with van der Waals surface area (Å²) in [4.78, 5) is 0. The second-order valence-electron chi connectivity index (χ2n) is 9.76. The first-order valence-corrected chi connectivity index (χ1v) is 9.44. The van der Waals surface area contributed by atoms with E-state index < -0.39 is 0 Å². The number of allylic oxidation sites excluding steroid dienone is 5. The lowest BCUT2D eigenvalue weighted by atomic mass is 9.78. The van der Waals surface area contributed by atoms with E-state index >= 15 is 0 Å². The van der Waals surface area contributed by atoms with Crippen molar-refractivity contribution in [2.45, 2.75) is 61.8 Å². The molecule has 3 rings (SSSR count). The molecule has 1 aromatic rings. The SMILES string of the molecule is CC(C)=c1cccc2c1=C(C(C)(C)C)C(C1=CC=C(C(C)(C)C)C1)=C2. The maximum absolute atomic E-state index is 2.42. The zero-order valence-corrected chi connectivity index (χ0v) is 17.2. The topological polar surface area (TPSA) is 0 Å². The molecule has 132 valence electrons. The van der Waals surface area contributed by atoms with Gasteiger partial charge >= 0.3 is 0 Å². The molecule has 2 aliphatic rings. The highest BCUT2D eigenvalue weighted by molar-refractivity contribution is 5.89. The molecule has 0 heterocycles. The van der Waals surface area contributed by atoms with E-state index in [0.717, 1.165) is 6.42 Å². The lowest BCUT2D eigenvalue weighted by Gasteiger charge is -2.26. The number of rotatable bonds is 1. The number of hydrogen-bond acceptors (Lipinski definition) is 0. The predicted octanol–water partition coefficient (Wildman–Crippen LogP) is 5.77. The average Bonchev–Trinajstić information content (AvgIpc) is 3.09. The summed E-state index contributed by atoms with van der Waals surface area (Å²) in [5.74, 6) is 0. The van der Waals surface area contributed by atoms with Gasteiger partial charge in [0.05, 0.1) is 0 Å². The van der Waals surface area contributed by atoms with Crippen molar-refractivity contribution in [2.24, 2.45) is 10.8 Å². The van der Waals surface area contributed by atoms with Crippen molar-refractivity contribution in [3.05, 3.63) is 63.1 Å². The number of hydrogen-bond donors (Lipinski definition) is 0. The Balaban J connectivity index is 2.20.